The second kappa shape index (κ2) is 8.49. The number of thiophene rings is 1. The minimum absolute atomic E-state index is 0.455. The highest BCUT2D eigenvalue weighted by atomic mass is 79.9. The average Bonchev–Trinajstić information content (AvgIpc) is 3.26. The van der Waals surface area contributed by atoms with Gasteiger partial charge in [-0.15, -0.1) is 11.3 Å². The van der Waals surface area contributed by atoms with Crippen molar-refractivity contribution in [2.24, 2.45) is 4.99 Å². The molecule has 3 heterocycles. The summed E-state index contributed by atoms with van der Waals surface area (Å²) in [5.74, 6) is 1.28. The molecule has 2 N–H and O–H groups in total. The van der Waals surface area contributed by atoms with Crippen LogP contribution in [0.4, 0.5) is 0 Å². The first kappa shape index (κ1) is 17.9. The number of aromatic nitrogens is 2. The number of rotatable bonds is 6. The number of hydrogen-bond acceptors (Lipinski definition) is 3. The van der Waals surface area contributed by atoms with Crippen LogP contribution in [0, 0.1) is 0 Å². The molecule has 0 fully saturated rings. The van der Waals surface area contributed by atoms with Crippen molar-refractivity contribution in [2.45, 2.75) is 26.3 Å². The highest BCUT2D eigenvalue weighted by Gasteiger charge is 2.08. The van der Waals surface area contributed by atoms with Gasteiger partial charge < -0.3 is 15.0 Å². The molecule has 3 rings (SSSR count). The lowest BCUT2D eigenvalue weighted by Crippen LogP contribution is -2.39. The van der Waals surface area contributed by atoms with E-state index in [2.05, 4.69) is 67.9 Å². The number of pyridine rings is 1. The molecule has 0 bridgehead atoms. The summed E-state index contributed by atoms with van der Waals surface area (Å²) in [6, 6.07) is 8.25. The molecule has 0 aromatic carbocycles. The maximum absolute atomic E-state index is 4.66. The molecule has 1 atom stereocenters. The zero-order valence-corrected chi connectivity index (χ0v) is 16.8. The summed E-state index contributed by atoms with van der Waals surface area (Å²) < 4.78 is 3.04. The Morgan fingerprint density at radius 3 is 2.96 bits per heavy atom. The van der Waals surface area contributed by atoms with Crippen molar-refractivity contribution in [1.29, 1.82) is 0 Å². The smallest absolute Gasteiger partial charge is 0.191 e. The Morgan fingerprint density at radius 1 is 1.32 bits per heavy atom. The number of fused-ring (bicyclic) bond motifs is 1. The molecule has 25 heavy (non-hydrogen) atoms. The SMILES string of the molecule is CCNC(=NCc1cn2cc(Br)ccc2n1)NCC(C)c1cccs1. The van der Waals surface area contributed by atoms with Gasteiger partial charge in [-0.25, -0.2) is 9.98 Å². The maximum atomic E-state index is 4.66. The summed E-state index contributed by atoms with van der Waals surface area (Å²) in [5, 5.41) is 8.84. The van der Waals surface area contributed by atoms with Crippen LogP contribution in [0.25, 0.3) is 5.65 Å². The second-order valence-corrected chi connectivity index (χ2v) is 7.73. The normalized spacial score (nSPS) is 13.2. The molecule has 132 valence electrons. The van der Waals surface area contributed by atoms with Crippen LogP contribution in [-0.4, -0.2) is 28.4 Å². The molecule has 1 unspecified atom stereocenters. The topological polar surface area (TPSA) is 53.7 Å². The largest absolute Gasteiger partial charge is 0.357 e. The number of nitrogens with zero attached hydrogens (tertiary/aromatic N) is 3. The summed E-state index contributed by atoms with van der Waals surface area (Å²) in [4.78, 5) is 10.7. The third kappa shape index (κ3) is 4.83. The molecule has 0 aliphatic rings. The van der Waals surface area contributed by atoms with Gasteiger partial charge in [-0.3, -0.25) is 0 Å². The average molecular weight is 420 g/mol. The Morgan fingerprint density at radius 2 is 2.20 bits per heavy atom. The van der Waals surface area contributed by atoms with Gasteiger partial charge in [0.2, 0.25) is 0 Å². The van der Waals surface area contributed by atoms with E-state index in [1.54, 1.807) is 11.3 Å². The fourth-order valence-electron chi connectivity index (χ4n) is 2.52. The quantitative estimate of drug-likeness (QED) is 0.468. The van der Waals surface area contributed by atoms with E-state index in [1.165, 1.54) is 4.88 Å². The molecule has 0 spiro atoms. The number of halogens is 1. The molecule has 0 amide bonds. The molecular formula is C18H22BrN5S. The van der Waals surface area contributed by atoms with E-state index < -0.39 is 0 Å². The lowest BCUT2D eigenvalue weighted by Gasteiger charge is -2.14. The fourth-order valence-corrected chi connectivity index (χ4v) is 3.66. The third-order valence-corrected chi connectivity index (χ3v) is 5.39. The summed E-state index contributed by atoms with van der Waals surface area (Å²) in [6.45, 7) is 6.52. The van der Waals surface area contributed by atoms with Crippen molar-refractivity contribution in [1.82, 2.24) is 20.0 Å². The molecule has 0 aliphatic heterocycles. The lowest BCUT2D eigenvalue weighted by molar-refractivity contribution is 0.709. The molecule has 0 aliphatic carbocycles. The van der Waals surface area contributed by atoms with Crippen LogP contribution < -0.4 is 10.6 Å². The van der Waals surface area contributed by atoms with Gasteiger partial charge in [0.25, 0.3) is 0 Å². The highest BCUT2D eigenvalue weighted by molar-refractivity contribution is 9.10. The van der Waals surface area contributed by atoms with Gasteiger partial charge in [0.05, 0.1) is 12.2 Å². The van der Waals surface area contributed by atoms with Crippen LogP contribution >= 0.6 is 27.3 Å². The number of nitrogens with one attached hydrogen (secondary N) is 2. The van der Waals surface area contributed by atoms with Gasteiger partial charge in [0.15, 0.2) is 5.96 Å². The van der Waals surface area contributed by atoms with E-state index in [4.69, 9.17) is 0 Å². The van der Waals surface area contributed by atoms with Crippen LogP contribution in [0.15, 0.2) is 51.5 Å². The number of aliphatic imine (C=N–C) groups is 1. The Bertz CT molecular complexity index is 840. The molecule has 3 aromatic heterocycles. The Hall–Kier alpha value is -1.86. The number of imidazole rings is 1. The van der Waals surface area contributed by atoms with E-state index in [9.17, 15) is 0 Å². The van der Waals surface area contributed by atoms with Crippen LogP contribution in [-0.2, 0) is 6.54 Å². The van der Waals surface area contributed by atoms with E-state index in [1.807, 2.05) is 28.9 Å². The molecular weight excluding hydrogens is 398 g/mol. The molecule has 0 radical (unpaired) electrons. The molecule has 7 heteroatoms. The van der Waals surface area contributed by atoms with Gasteiger partial charge in [-0.2, -0.15) is 0 Å². The van der Waals surface area contributed by atoms with Crippen molar-refractivity contribution < 1.29 is 0 Å². The summed E-state index contributed by atoms with van der Waals surface area (Å²) in [5.41, 5.74) is 1.87. The van der Waals surface area contributed by atoms with Crippen molar-refractivity contribution >= 4 is 38.9 Å². The van der Waals surface area contributed by atoms with Crippen molar-refractivity contribution in [2.75, 3.05) is 13.1 Å². The lowest BCUT2D eigenvalue weighted by atomic mass is 10.1. The summed E-state index contributed by atoms with van der Waals surface area (Å²) in [7, 11) is 0. The van der Waals surface area contributed by atoms with Crippen molar-refractivity contribution in [3.8, 4) is 0 Å². The predicted octanol–water partition coefficient (Wildman–Crippen LogP) is 4.02. The summed E-state index contributed by atoms with van der Waals surface area (Å²) in [6.07, 6.45) is 4.02. The standard InChI is InChI=1S/C18H22BrN5S/c1-3-20-18(21-9-13(2)16-5-4-8-25-16)22-10-15-12-24-11-14(19)6-7-17(24)23-15/h4-8,11-13H,3,9-10H2,1-2H3,(H2,20,21,22). The molecule has 3 aromatic rings. The monoisotopic (exact) mass is 419 g/mol. The first-order chi connectivity index (χ1) is 12.2. The Kier molecular flexibility index (Phi) is 6.09. The zero-order chi connectivity index (χ0) is 17.6. The molecule has 5 nitrogen and oxygen atoms in total. The number of hydrogen-bond donors (Lipinski definition) is 2. The van der Waals surface area contributed by atoms with Crippen LogP contribution in [0.2, 0.25) is 0 Å². The Balaban J connectivity index is 1.64. The first-order valence-corrected chi connectivity index (χ1v) is 10.0. The van der Waals surface area contributed by atoms with E-state index in [0.717, 1.165) is 34.9 Å². The van der Waals surface area contributed by atoms with Crippen LogP contribution in [0.3, 0.4) is 0 Å². The van der Waals surface area contributed by atoms with Gasteiger partial charge >= 0.3 is 0 Å². The van der Waals surface area contributed by atoms with Gasteiger partial charge in [0, 0.05) is 40.8 Å². The fraction of sp³-hybridized carbons (Fsp3) is 0.333. The van der Waals surface area contributed by atoms with Crippen LogP contribution in [0.5, 0.6) is 0 Å². The van der Waals surface area contributed by atoms with Gasteiger partial charge in [-0.1, -0.05) is 13.0 Å². The van der Waals surface area contributed by atoms with E-state index in [-0.39, 0.29) is 0 Å². The van der Waals surface area contributed by atoms with E-state index >= 15 is 0 Å². The van der Waals surface area contributed by atoms with Gasteiger partial charge in [-0.05, 0) is 46.4 Å². The zero-order valence-electron chi connectivity index (χ0n) is 14.4. The predicted molar refractivity (Wildman–Crippen MR) is 108 cm³/mol. The second-order valence-electron chi connectivity index (χ2n) is 5.84. The maximum Gasteiger partial charge on any atom is 0.191 e. The minimum Gasteiger partial charge on any atom is -0.357 e. The first-order valence-electron chi connectivity index (χ1n) is 8.34. The molecule has 0 saturated carbocycles. The highest BCUT2D eigenvalue weighted by Crippen LogP contribution is 2.19. The third-order valence-electron chi connectivity index (χ3n) is 3.81. The van der Waals surface area contributed by atoms with Crippen molar-refractivity contribution in [3.05, 3.63) is 57.1 Å². The summed E-state index contributed by atoms with van der Waals surface area (Å²) >= 11 is 5.27. The number of guanidine groups is 1. The van der Waals surface area contributed by atoms with Gasteiger partial charge in [0.1, 0.15) is 5.65 Å². The van der Waals surface area contributed by atoms with E-state index in [0.29, 0.717) is 12.5 Å². The molecule has 0 saturated heterocycles. The Labute approximate surface area is 160 Å². The van der Waals surface area contributed by atoms with Crippen LogP contribution in [0.1, 0.15) is 30.3 Å². The van der Waals surface area contributed by atoms with Crippen molar-refractivity contribution in [3.63, 3.8) is 0 Å². The minimum atomic E-state index is 0.455.